The smallest absolute Gasteiger partial charge is 0.152 e. The van der Waals surface area contributed by atoms with Gasteiger partial charge in [-0.25, -0.2) is 0 Å². The first-order valence-electron chi connectivity index (χ1n) is 0.587. The highest BCUT2D eigenvalue weighted by molar-refractivity contribution is 7.00. The summed E-state index contributed by atoms with van der Waals surface area (Å²) >= 11 is 0. The second kappa shape index (κ2) is 87.5. The van der Waals surface area contributed by atoms with Crippen molar-refractivity contribution in [3.05, 3.63) is 4.91 Å². The van der Waals surface area contributed by atoms with E-state index in [1.807, 2.05) is 0 Å². The zero-order valence-electron chi connectivity index (χ0n) is 2.21. The van der Waals surface area contributed by atoms with E-state index in [4.69, 9.17) is 14.7 Å². The SMILES string of the molecule is O=NO.O=P. The Morgan fingerprint density at radius 1 is 1.60 bits per heavy atom. The first kappa shape index (κ1) is 8.82. The fourth-order valence-corrected chi connectivity index (χ4v) is 0. The zero-order chi connectivity index (χ0) is 4.71. The van der Waals surface area contributed by atoms with Gasteiger partial charge >= 0.3 is 0 Å². The molecule has 0 aromatic carbocycles. The summed E-state index contributed by atoms with van der Waals surface area (Å²) in [5.41, 5.74) is 0. The molecule has 1 N–H and O–H groups in total. The van der Waals surface area contributed by atoms with Gasteiger partial charge in [0.05, 0.1) is 0 Å². The van der Waals surface area contributed by atoms with Gasteiger partial charge in [-0.3, -0.25) is 4.57 Å². The van der Waals surface area contributed by atoms with Crippen molar-refractivity contribution in [3.63, 3.8) is 0 Å². The molecule has 0 aliphatic heterocycles. The first-order valence-corrected chi connectivity index (χ1v) is 0.995. The van der Waals surface area contributed by atoms with E-state index in [1.54, 1.807) is 9.12 Å². The van der Waals surface area contributed by atoms with Crippen LogP contribution in [0.2, 0.25) is 0 Å². The van der Waals surface area contributed by atoms with Crippen molar-refractivity contribution in [1.82, 2.24) is 0 Å². The molecular weight excluding hydrogens is 93.0 g/mol. The summed E-state index contributed by atoms with van der Waals surface area (Å²) in [5.74, 6) is 0. The second-order valence-corrected chi connectivity index (χ2v) is 0.0816. The van der Waals surface area contributed by atoms with Gasteiger partial charge in [0.25, 0.3) is 0 Å². The Morgan fingerprint density at radius 3 is 1.60 bits per heavy atom. The minimum absolute atomic E-state index is 1.25. The molecule has 0 amide bonds. The Morgan fingerprint density at radius 2 is 1.60 bits per heavy atom. The van der Waals surface area contributed by atoms with Gasteiger partial charge in [0.15, 0.2) is 5.34 Å². The molecule has 5 heteroatoms. The predicted octanol–water partition coefficient (Wildman–Crippen LogP) is 0.617. The largest absolute Gasteiger partial charge is 0.379 e. The maximum Gasteiger partial charge on any atom is 0.152 e. The van der Waals surface area contributed by atoms with Gasteiger partial charge in [-0.05, 0) is 0 Å². The zero-order valence-corrected chi connectivity index (χ0v) is 3.21. The van der Waals surface area contributed by atoms with Crippen LogP contribution in [0, 0.1) is 4.91 Å². The van der Waals surface area contributed by atoms with E-state index in [1.165, 1.54) is 5.34 Å². The molecule has 0 aromatic rings. The molecule has 0 radical (unpaired) electrons. The van der Waals surface area contributed by atoms with Crippen LogP contribution in [0.4, 0.5) is 0 Å². The van der Waals surface area contributed by atoms with Gasteiger partial charge in [0.2, 0.25) is 0 Å². The van der Waals surface area contributed by atoms with Crippen LogP contribution < -0.4 is 0 Å². The maximum absolute atomic E-state index is 8.11. The average molecular weight is 95.0 g/mol. The standard InChI is InChI=1S/HNO2.HOP/c2-1-3;1-2/h(H,2,3);2H. The van der Waals surface area contributed by atoms with E-state index in [-0.39, 0.29) is 0 Å². The normalized spacial score (nSPS) is 3.20. The third-order valence-corrected chi connectivity index (χ3v) is 0. The van der Waals surface area contributed by atoms with Crippen LogP contribution in [0.1, 0.15) is 0 Å². The van der Waals surface area contributed by atoms with Crippen molar-refractivity contribution in [2.75, 3.05) is 0 Å². The van der Waals surface area contributed by atoms with Gasteiger partial charge in [0, 0.05) is 0 Å². The van der Waals surface area contributed by atoms with Crippen molar-refractivity contribution in [3.8, 4) is 0 Å². The minimum Gasteiger partial charge on any atom is -0.379 e. The van der Waals surface area contributed by atoms with Gasteiger partial charge < -0.3 is 5.21 Å². The van der Waals surface area contributed by atoms with Crippen LogP contribution in [0.25, 0.3) is 0 Å². The van der Waals surface area contributed by atoms with Crippen LogP contribution in [-0.2, 0) is 4.57 Å². The fraction of sp³-hybridized carbons (Fsp3) is 0. The Labute approximate surface area is 30.4 Å². The summed E-state index contributed by atoms with van der Waals surface area (Å²) in [4.78, 5) is 8.11. The van der Waals surface area contributed by atoms with E-state index in [0.717, 1.165) is 0 Å². The molecule has 0 rings (SSSR count). The summed E-state index contributed by atoms with van der Waals surface area (Å²) in [5, 5.41) is 7.89. The average Bonchev–Trinajstić information content (AvgIpc) is 1.46. The summed E-state index contributed by atoms with van der Waals surface area (Å²) in [6.45, 7) is 0. The van der Waals surface area contributed by atoms with Crippen LogP contribution in [0.3, 0.4) is 0 Å². The summed E-state index contributed by atoms with van der Waals surface area (Å²) in [7, 11) is 1.72. The molecule has 0 spiro atoms. The molecule has 0 aromatic heterocycles. The lowest BCUT2D eigenvalue weighted by Crippen LogP contribution is -1.25. The lowest BCUT2D eigenvalue weighted by molar-refractivity contribution is 0.312. The molecule has 0 saturated carbocycles. The fourth-order valence-electron chi connectivity index (χ4n) is 0. The predicted molar refractivity (Wildman–Crippen MR) is 16.6 cm³/mol. The lowest BCUT2D eigenvalue weighted by Gasteiger charge is -1.32. The summed E-state index contributed by atoms with van der Waals surface area (Å²) in [6.07, 6.45) is 0. The highest BCUT2D eigenvalue weighted by Gasteiger charge is 1.18. The Balaban J connectivity index is 0. The molecule has 4 nitrogen and oxygen atoms in total. The topological polar surface area (TPSA) is 66.7 Å². The van der Waals surface area contributed by atoms with Crippen LogP contribution in [0.5, 0.6) is 0 Å². The second-order valence-electron chi connectivity index (χ2n) is 0.0816. The third-order valence-electron chi connectivity index (χ3n) is 0. The van der Waals surface area contributed by atoms with Crippen LogP contribution in [-0.4, -0.2) is 5.21 Å². The van der Waals surface area contributed by atoms with Gasteiger partial charge in [-0.2, -0.15) is 0 Å². The molecule has 30 valence electrons. The Bertz CT molecular complexity index is 20.9. The lowest BCUT2D eigenvalue weighted by atomic mass is 13.4. The minimum atomic E-state index is 1.25. The molecule has 0 atom stereocenters. The van der Waals surface area contributed by atoms with Crippen molar-refractivity contribution in [1.29, 1.82) is 0 Å². The van der Waals surface area contributed by atoms with E-state index in [2.05, 4.69) is 0 Å². The van der Waals surface area contributed by atoms with E-state index < -0.39 is 0 Å². The summed E-state index contributed by atoms with van der Waals surface area (Å²) in [6, 6.07) is 0. The maximum atomic E-state index is 8.11. The molecule has 5 heavy (non-hydrogen) atoms. The van der Waals surface area contributed by atoms with Gasteiger partial charge in [-0.1, -0.05) is 0 Å². The van der Waals surface area contributed by atoms with E-state index >= 15 is 0 Å². The van der Waals surface area contributed by atoms with Gasteiger partial charge in [-0.15, -0.1) is 4.91 Å². The summed E-state index contributed by atoms with van der Waals surface area (Å²) < 4.78 is 8.06. The quantitative estimate of drug-likeness (QED) is 0.272. The monoisotopic (exact) mass is 95.0 g/mol. The number of hydrogen-bond acceptors (Lipinski definition) is 3. The molecule has 0 aliphatic rings. The van der Waals surface area contributed by atoms with E-state index in [9.17, 15) is 0 Å². The Hall–Kier alpha value is -0.500. The van der Waals surface area contributed by atoms with E-state index in [0.29, 0.717) is 0 Å². The van der Waals surface area contributed by atoms with Crippen molar-refractivity contribution in [2.45, 2.75) is 0 Å². The molecule has 0 aliphatic carbocycles. The number of hydrogen-bond donors (Lipinski definition) is 1. The van der Waals surface area contributed by atoms with Crippen LogP contribution >= 0.6 is 9.12 Å². The van der Waals surface area contributed by atoms with Crippen molar-refractivity contribution >= 4 is 9.12 Å². The first-order chi connectivity index (χ1) is 2.41. The Kier molecular flexibility index (Phi) is 154. The molecule has 0 unspecified atom stereocenters. The van der Waals surface area contributed by atoms with Gasteiger partial charge in [0.1, 0.15) is 9.12 Å². The van der Waals surface area contributed by atoms with Crippen molar-refractivity contribution < 1.29 is 9.77 Å². The molecule has 0 saturated heterocycles. The molecule has 0 bridgehead atoms. The third kappa shape index (κ3) is 31.5. The highest BCUT2D eigenvalue weighted by atomic mass is 31.0. The molecule has 0 heterocycles. The number of nitrogens with zero attached hydrogens (tertiary/aromatic N) is 1. The number of rotatable bonds is 0. The molecule has 0 fully saturated rings. The van der Waals surface area contributed by atoms with Crippen molar-refractivity contribution in [2.24, 2.45) is 5.34 Å². The molecular formula is H2NO3P. The highest BCUT2D eigenvalue weighted by Crippen LogP contribution is 1.25. The van der Waals surface area contributed by atoms with Crippen LogP contribution in [0.15, 0.2) is 5.34 Å².